The van der Waals surface area contributed by atoms with E-state index < -0.39 is 0 Å². The molecule has 1 saturated heterocycles. The van der Waals surface area contributed by atoms with Crippen LogP contribution in [0.25, 0.3) is 0 Å². The molecular formula is C18H27Cl3N4OS. The number of hydrogen-bond donors (Lipinski definition) is 1. The molecule has 0 spiro atoms. The maximum Gasteiger partial charge on any atom is 0.222 e. The first-order valence-electron chi connectivity index (χ1n) is 8.36. The number of hydrogen-bond acceptors (Lipinski definition) is 5. The number of thiazole rings is 1. The minimum Gasteiger partial charge on any atom is -0.399 e. The van der Waals surface area contributed by atoms with Crippen LogP contribution in [0.15, 0.2) is 30.5 Å². The van der Waals surface area contributed by atoms with Crippen LogP contribution < -0.4 is 5.73 Å². The highest BCUT2D eigenvalue weighted by Crippen LogP contribution is 2.17. The molecule has 2 N–H and O–H groups in total. The van der Waals surface area contributed by atoms with E-state index in [0.717, 1.165) is 49.0 Å². The molecule has 5 nitrogen and oxygen atoms in total. The number of nitrogens with two attached hydrogens (primary N) is 1. The Morgan fingerprint density at radius 3 is 2.41 bits per heavy atom. The molecule has 1 aromatic carbocycles. The van der Waals surface area contributed by atoms with E-state index in [9.17, 15) is 4.79 Å². The number of halogens is 3. The van der Waals surface area contributed by atoms with Gasteiger partial charge in [0.25, 0.3) is 0 Å². The summed E-state index contributed by atoms with van der Waals surface area (Å²) < 4.78 is 0. The number of rotatable bonds is 5. The highest BCUT2D eigenvalue weighted by Gasteiger charge is 2.21. The summed E-state index contributed by atoms with van der Waals surface area (Å²) in [5, 5.41) is 1.11. The summed E-state index contributed by atoms with van der Waals surface area (Å²) in [4.78, 5) is 22.4. The van der Waals surface area contributed by atoms with E-state index >= 15 is 0 Å². The molecule has 1 fully saturated rings. The van der Waals surface area contributed by atoms with Crippen LogP contribution >= 0.6 is 48.6 Å². The van der Waals surface area contributed by atoms with Crippen molar-refractivity contribution in [3.8, 4) is 0 Å². The summed E-state index contributed by atoms with van der Waals surface area (Å²) in [5.41, 5.74) is 7.78. The highest BCUT2D eigenvalue weighted by atomic mass is 35.5. The molecule has 0 unspecified atom stereocenters. The first-order valence-corrected chi connectivity index (χ1v) is 9.18. The molecule has 1 aromatic heterocycles. The van der Waals surface area contributed by atoms with Crippen molar-refractivity contribution in [1.82, 2.24) is 14.8 Å². The van der Waals surface area contributed by atoms with Gasteiger partial charge in [0.2, 0.25) is 5.91 Å². The lowest BCUT2D eigenvalue weighted by atomic mass is 10.1. The van der Waals surface area contributed by atoms with Crippen LogP contribution in [0.1, 0.15) is 21.9 Å². The standard InChI is InChI=1S/C18H24N4OS.3ClH/c1-14-20-12-16(24-14)13-21-8-10-22(11-9-21)18(23)7-6-15-4-2-3-5-17(15)19;;;/h2-5,12H,6-11,13,19H2,1H3;3*1H. The fraction of sp³-hybridized carbons (Fsp3) is 0.444. The summed E-state index contributed by atoms with van der Waals surface area (Å²) in [6.07, 6.45) is 3.20. The monoisotopic (exact) mass is 452 g/mol. The molecule has 2 heterocycles. The molecule has 3 rings (SSSR count). The number of aryl methyl sites for hydroxylation is 2. The normalized spacial score (nSPS) is 13.9. The molecule has 1 amide bonds. The van der Waals surface area contributed by atoms with Crippen LogP contribution in [0.3, 0.4) is 0 Å². The maximum atomic E-state index is 12.4. The zero-order chi connectivity index (χ0) is 16.9. The Bertz CT molecular complexity index is 705. The van der Waals surface area contributed by atoms with E-state index in [0.29, 0.717) is 12.8 Å². The number of amides is 1. The van der Waals surface area contributed by atoms with E-state index in [2.05, 4.69) is 9.88 Å². The van der Waals surface area contributed by atoms with Crippen molar-refractivity contribution in [1.29, 1.82) is 0 Å². The van der Waals surface area contributed by atoms with Crippen molar-refractivity contribution in [2.24, 2.45) is 0 Å². The zero-order valence-corrected chi connectivity index (χ0v) is 18.6. The minimum absolute atomic E-state index is 0. The lowest BCUT2D eigenvalue weighted by molar-refractivity contribution is -0.132. The predicted molar refractivity (Wildman–Crippen MR) is 120 cm³/mol. The van der Waals surface area contributed by atoms with Crippen molar-refractivity contribution in [2.45, 2.75) is 26.3 Å². The van der Waals surface area contributed by atoms with E-state index in [4.69, 9.17) is 5.73 Å². The van der Waals surface area contributed by atoms with Crippen molar-refractivity contribution in [3.05, 3.63) is 45.9 Å². The minimum atomic E-state index is 0. The van der Waals surface area contributed by atoms with Gasteiger partial charge in [-0.1, -0.05) is 18.2 Å². The van der Waals surface area contributed by atoms with E-state index in [1.807, 2.05) is 42.3 Å². The Balaban J connectivity index is 0.00000225. The van der Waals surface area contributed by atoms with Gasteiger partial charge in [0, 0.05) is 55.9 Å². The summed E-state index contributed by atoms with van der Waals surface area (Å²) in [6.45, 7) is 6.44. The number of nitrogens with zero attached hydrogens (tertiary/aromatic N) is 3. The Kier molecular flexibility index (Phi) is 11.9. The summed E-state index contributed by atoms with van der Waals surface area (Å²) in [7, 11) is 0. The second kappa shape index (κ2) is 12.4. The lowest BCUT2D eigenvalue weighted by Crippen LogP contribution is -2.48. The third-order valence-electron chi connectivity index (χ3n) is 4.44. The van der Waals surface area contributed by atoms with Gasteiger partial charge in [-0.2, -0.15) is 0 Å². The molecule has 0 radical (unpaired) electrons. The van der Waals surface area contributed by atoms with Crippen molar-refractivity contribution >= 4 is 60.2 Å². The molecular weight excluding hydrogens is 427 g/mol. The molecule has 1 aliphatic rings. The zero-order valence-electron chi connectivity index (χ0n) is 15.3. The molecule has 2 aromatic rings. The van der Waals surface area contributed by atoms with Gasteiger partial charge < -0.3 is 10.6 Å². The van der Waals surface area contributed by atoms with Crippen LogP contribution in [-0.4, -0.2) is 46.9 Å². The number of nitrogen functional groups attached to an aromatic ring is 1. The smallest absolute Gasteiger partial charge is 0.222 e. The van der Waals surface area contributed by atoms with E-state index in [-0.39, 0.29) is 43.1 Å². The average Bonchev–Trinajstić information content (AvgIpc) is 2.99. The van der Waals surface area contributed by atoms with Gasteiger partial charge in [-0.05, 0) is 25.0 Å². The Morgan fingerprint density at radius 2 is 1.81 bits per heavy atom. The molecule has 9 heteroatoms. The van der Waals surface area contributed by atoms with E-state index in [1.54, 1.807) is 11.3 Å². The molecule has 27 heavy (non-hydrogen) atoms. The molecule has 0 atom stereocenters. The molecule has 1 aliphatic heterocycles. The van der Waals surface area contributed by atoms with Gasteiger partial charge in [-0.15, -0.1) is 48.6 Å². The number of para-hydroxylation sites is 1. The van der Waals surface area contributed by atoms with Gasteiger partial charge >= 0.3 is 0 Å². The fourth-order valence-corrected chi connectivity index (χ4v) is 3.85. The fourth-order valence-electron chi connectivity index (χ4n) is 3.02. The Morgan fingerprint density at radius 1 is 1.15 bits per heavy atom. The Hall–Kier alpha value is -1.05. The topological polar surface area (TPSA) is 62.5 Å². The van der Waals surface area contributed by atoms with Crippen molar-refractivity contribution in [3.63, 3.8) is 0 Å². The van der Waals surface area contributed by atoms with Crippen LogP contribution in [0.5, 0.6) is 0 Å². The summed E-state index contributed by atoms with van der Waals surface area (Å²) in [5.74, 6) is 0.228. The second-order valence-corrected chi connectivity index (χ2v) is 7.52. The maximum absolute atomic E-state index is 12.4. The van der Waals surface area contributed by atoms with E-state index in [1.165, 1.54) is 4.88 Å². The number of aromatic nitrogens is 1. The third kappa shape index (κ3) is 7.47. The van der Waals surface area contributed by atoms with Crippen LogP contribution in [0.4, 0.5) is 5.69 Å². The van der Waals surface area contributed by atoms with Crippen molar-refractivity contribution < 1.29 is 4.79 Å². The molecule has 0 saturated carbocycles. The summed E-state index contributed by atoms with van der Waals surface area (Å²) >= 11 is 1.75. The third-order valence-corrected chi connectivity index (χ3v) is 5.33. The molecule has 0 bridgehead atoms. The van der Waals surface area contributed by atoms with Crippen LogP contribution in [0, 0.1) is 6.92 Å². The molecule has 0 aliphatic carbocycles. The molecule has 152 valence electrons. The Labute approximate surface area is 183 Å². The van der Waals surface area contributed by atoms with Crippen molar-refractivity contribution in [2.75, 3.05) is 31.9 Å². The van der Waals surface area contributed by atoms with Gasteiger partial charge in [0.15, 0.2) is 0 Å². The predicted octanol–water partition coefficient (Wildman–Crippen LogP) is 3.58. The number of carbonyl (C=O) groups is 1. The number of benzene rings is 1. The second-order valence-electron chi connectivity index (χ2n) is 6.20. The number of carbonyl (C=O) groups excluding carboxylic acids is 1. The first-order chi connectivity index (χ1) is 11.6. The highest BCUT2D eigenvalue weighted by molar-refractivity contribution is 7.11. The van der Waals surface area contributed by atoms with Gasteiger partial charge in [0.1, 0.15) is 0 Å². The number of anilines is 1. The van der Waals surface area contributed by atoms with Gasteiger partial charge in [0.05, 0.1) is 5.01 Å². The van der Waals surface area contributed by atoms with Gasteiger partial charge in [-0.25, -0.2) is 4.98 Å². The van der Waals surface area contributed by atoms with Crippen LogP contribution in [0.2, 0.25) is 0 Å². The first kappa shape index (κ1) is 26.0. The SMILES string of the molecule is Cc1ncc(CN2CCN(C(=O)CCc3ccccc3N)CC2)s1.Cl.Cl.Cl. The largest absolute Gasteiger partial charge is 0.399 e. The van der Waals surface area contributed by atoms with Crippen LogP contribution in [-0.2, 0) is 17.8 Å². The number of piperazine rings is 1. The quantitative estimate of drug-likeness (QED) is 0.703. The average molecular weight is 454 g/mol. The summed E-state index contributed by atoms with van der Waals surface area (Å²) in [6, 6.07) is 7.78. The lowest BCUT2D eigenvalue weighted by Gasteiger charge is -2.34. The van der Waals surface area contributed by atoms with Gasteiger partial charge in [-0.3, -0.25) is 9.69 Å².